The summed E-state index contributed by atoms with van der Waals surface area (Å²) in [6.45, 7) is 1.17. The maximum Gasteiger partial charge on any atom is 0.326 e. The molecule has 1 aromatic rings. The molecule has 0 aliphatic heterocycles. The molecule has 0 aliphatic carbocycles. The van der Waals surface area contributed by atoms with Crippen LogP contribution in [0.1, 0.15) is 12.0 Å². The number of halogens is 1. The maximum atomic E-state index is 11.6. The van der Waals surface area contributed by atoms with Crippen molar-refractivity contribution in [2.45, 2.75) is 19.4 Å². The minimum Gasteiger partial charge on any atom is -0.484 e. The first kappa shape index (κ1) is 16.3. The van der Waals surface area contributed by atoms with Crippen molar-refractivity contribution < 1.29 is 24.5 Å². The summed E-state index contributed by atoms with van der Waals surface area (Å²) >= 11 is 5.86. The highest BCUT2D eigenvalue weighted by Crippen LogP contribution is 2.20. The number of carboxylic acids is 1. The van der Waals surface area contributed by atoms with Gasteiger partial charge < -0.3 is 20.3 Å². The molecule has 0 spiro atoms. The highest BCUT2D eigenvalue weighted by Gasteiger charge is 2.19. The summed E-state index contributed by atoms with van der Waals surface area (Å²) in [6.07, 6.45) is -0.0544. The van der Waals surface area contributed by atoms with Crippen molar-refractivity contribution in [3.8, 4) is 5.75 Å². The molecule has 0 aromatic heterocycles. The second-order valence-electron chi connectivity index (χ2n) is 4.17. The van der Waals surface area contributed by atoms with Gasteiger partial charge in [-0.1, -0.05) is 11.6 Å². The number of carbonyl (C=O) groups is 2. The lowest BCUT2D eigenvalue weighted by atomic mass is 10.2. The van der Waals surface area contributed by atoms with Crippen molar-refractivity contribution in [3.05, 3.63) is 28.8 Å². The van der Waals surface area contributed by atoms with E-state index in [0.29, 0.717) is 10.8 Å². The number of carboxylic acid groups (broad SMARTS) is 1. The van der Waals surface area contributed by atoms with Gasteiger partial charge in [0.05, 0.1) is 0 Å². The van der Waals surface area contributed by atoms with Crippen molar-refractivity contribution in [3.63, 3.8) is 0 Å². The van der Waals surface area contributed by atoms with Crippen LogP contribution in [0.4, 0.5) is 0 Å². The van der Waals surface area contributed by atoms with Gasteiger partial charge in [0.1, 0.15) is 11.8 Å². The normalized spacial score (nSPS) is 11.8. The highest BCUT2D eigenvalue weighted by molar-refractivity contribution is 6.31. The van der Waals surface area contributed by atoms with E-state index < -0.39 is 17.9 Å². The predicted molar refractivity (Wildman–Crippen MR) is 73.0 cm³/mol. The molecule has 1 amide bonds. The van der Waals surface area contributed by atoms with Gasteiger partial charge in [0.25, 0.3) is 5.91 Å². The van der Waals surface area contributed by atoms with E-state index in [4.69, 9.17) is 26.6 Å². The summed E-state index contributed by atoms with van der Waals surface area (Å²) in [6, 6.07) is 3.82. The fourth-order valence-corrected chi connectivity index (χ4v) is 1.60. The lowest BCUT2D eigenvalue weighted by Gasteiger charge is -2.13. The molecule has 110 valence electrons. The fourth-order valence-electron chi connectivity index (χ4n) is 1.48. The Morgan fingerprint density at radius 1 is 1.45 bits per heavy atom. The molecule has 0 radical (unpaired) electrons. The average molecular weight is 302 g/mol. The molecule has 0 bridgehead atoms. The molecule has 6 nitrogen and oxygen atoms in total. The SMILES string of the molecule is Cc1cc(OCC(=O)NC(CCO)C(=O)O)ccc1Cl. The third kappa shape index (κ3) is 5.07. The molecule has 0 saturated carbocycles. The predicted octanol–water partition coefficient (Wildman–Crippen LogP) is 0.979. The Morgan fingerprint density at radius 3 is 2.70 bits per heavy atom. The molecule has 7 heteroatoms. The molecule has 1 aromatic carbocycles. The minimum atomic E-state index is -1.20. The van der Waals surface area contributed by atoms with E-state index >= 15 is 0 Å². The Kier molecular flexibility index (Phi) is 6.27. The van der Waals surface area contributed by atoms with Crippen LogP contribution in [0.15, 0.2) is 18.2 Å². The van der Waals surface area contributed by atoms with Gasteiger partial charge in [-0.3, -0.25) is 4.79 Å². The molecular formula is C13H16ClNO5. The largest absolute Gasteiger partial charge is 0.484 e. The highest BCUT2D eigenvalue weighted by atomic mass is 35.5. The van der Waals surface area contributed by atoms with Crippen LogP contribution < -0.4 is 10.1 Å². The van der Waals surface area contributed by atoms with Crippen molar-refractivity contribution in [1.29, 1.82) is 0 Å². The van der Waals surface area contributed by atoms with Gasteiger partial charge in [0.2, 0.25) is 0 Å². The summed E-state index contributed by atoms with van der Waals surface area (Å²) in [5, 5.41) is 20.4. The van der Waals surface area contributed by atoms with E-state index in [-0.39, 0.29) is 19.6 Å². The van der Waals surface area contributed by atoms with Crippen molar-refractivity contribution >= 4 is 23.5 Å². The number of ether oxygens (including phenoxy) is 1. The number of aliphatic hydroxyl groups excluding tert-OH is 1. The zero-order valence-electron chi connectivity index (χ0n) is 10.9. The number of hydrogen-bond donors (Lipinski definition) is 3. The first-order valence-electron chi connectivity index (χ1n) is 5.96. The third-order valence-electron chi connectivity index (χ3n) is 2.55. The summed E-state index contributed by atoms with van der Waals surface area (Å²) in [4.78, 5) is 22.4. The molecule has 0 aliphatic rings. The Labute approximate surface area is 121 Å². The average Bonchev–Trinajstić information content (AvgIpc) is 2.39. The summed E-state index contributed by atoms with van der Waals surface area (Å²) < 4.78 is 5.24. The van der Waals surface area contributed by atoms with Crippen LogP contribution in [0.25, 0.3) is 0 Å². The van der Waals surface area contributed by atoms with Crippen LogP contribution in [-0.4, -0.2) is 41.3 Å². The molecule has 0 heterocycles. The maximum absolute atomic E-state index is 11.6. The summed E-state index contributed by atoms with van der Waals surface area (Å²) in [5.41, 5.74) is 0.813. The molecule has 1 atom stereocenters. The molecule has 1 unspecified atom stereocenters. The monoisotopic (exact) mass is 301 g/mol. The lowest BCUT2D eigenvalue weighted by Crippen LogP contribution is -2.43. The topological polar surface area (TPSA) is 95.9 Å². The molecule has 20 heavy (non-hydrogen) atoms. The van der Waals surface area contributed by atoms with Crippen LogP contribution in [0.3, 0.4) is 0 Å². The van der Waals surface area contributed by atoms with E-state index in [2.05, 4.69) is 5.32 Å². The Bertz CT molecular complexity index is 492. The third-order valence-corrected chi connectivity index (χ3v) is 2.97. The number of aliphatic carboxylic acids is 1. The van der Waals surface area contributed by atoms with Gasteiger partial charge in [0.15, 0.2) is 6.61 Å². The number of aryl methyl sites for hydroxylation is 1. The number of carbonyl (C=O) groups excluding carboxylic acids is 1. The van der Waals surface area contributed by atoms with Crippen LogP contribution >= 0.6 is 11.6 Å². The zero-order chi connectivity index (χ0) is 15.1. The van der Waals surface area contributed by atoms with Gasteiger partial charge in [-0.2, -0.15) is 0 Å². The van der Waals surface area contributed by atoms with E-state index in [9.17, 15) is 9.59 Å². The van der Waals surface area contributed by atoms with E-state index in [1.54, 1.807) is 25.1 Å². The van der Waals surface area contributed by atoms with Crippen molar-refractivity contribution in [2.75, 3.05) is 13.2 Å². The second-order valence-corrected chi connectivity index (χ2v) is 4.58. The molecule has 0 fully saturated rings. The molecular weight excluding hydrogens is 286 g/mol. The van der Waals surface area contributed by atoms with Crippen molar-refractivity contribution in [1.82, 2.24) is 5.32 Å². The first-order valence-corrected chi connectivity index (χ1v) is 6.34. The quantitative estimate of drug-likeness (QED) is 0.697. The van der Waals surface area contributed by atoms with Crippen LogP contribution in [-0.2, 0) is 9.59 Å². The Morgan fingerprint density at radius 2 is 2.15 bits per heavy atom. The number of benzene rings is 1. The molecule has 1 rings (SSSR count). The standard InChI is InChI=1S/C13H16ClNO5/c1-8-6-9(2-3-10(8)14)20-7-12(17)15-11(4-5-16)13(18)19/h2-3,6,11,16H,4-5,7H2,1H3,(H,15,17)(H,18,19). The zero-order valence-corrected chi connectivity index (χ0v) is 11.7. The van der Waals surface area contributed by atoms with Crippen LogP contribution in [0.5, 0.6) is 5.75 Å². The van der Waals surface area contributed by atoms with Crippen LogP contribution in [0, 0.1) is 6.92 Å². The number of nitrogens with one attached hydrogen (secondary N) is 1. The summed E-state index contributed by atoms with van der Waals surface area (Å²) in [7, 11) is 0. The Hall–Kier alpha value is -1.79. The smallest absolute Gasteiger partial charge is 0.326 e. The number of hydrogen-bond acceptors (Lipinski definition) is 4. The van der Waals surface area contributed by atoms with Gasteiger partial charge >= 0.3 is 5.97 Å². The minimum absolute atomic E-state index is 0.0544. The molecule has 3 N–H and O–H groups in total. The number of aliphatic hydroxyl groups is 1. The summed E-state index contributed by atoms with van der Waals surface area (Å²) in [5.74, 6) is -1.30. The fraction of sp³-hybridized carbons (Fsp3) is 0.385. The van der Waals surface area contributed by atoms with Gasteiger partial charge in [-0.05, 0) is 30.7 Å². The second kappa shape index (κ2) is 7.72. The lowest BCUT2D eigenvalue weighted by molar-refractivity contribution is -0.142. The number of rotatable bonds is 7. The van der Waals surface area contributed by atoms with E-state index in [1.165, 1.54) is 0 Å². The Balaban J connectivity index is 2.50. The molecule has 0 saturated heterocycles. The van der Waals surface area contributed by atoms with Gasteiger partial charge in [-0.25, -0.2) is 4.79 Å². The first-order chi connectivity index (χ1) is 9.43. The van der Waals surface area contributed by atoms with Gasteiger partial charge in [0, 0.05) is 18.1 Å². The van der Waals surface area contributed by atoms with Crippen LogP contribution in [0.2, 0.25) is 5.02 Å². The van der Waals surface area contributed by atoms with E-state index in [1.807, 2.05) is 0 Å². The van der Waals surface area contributed by atoms with Gasteiger partial charge in [-0.15, -0.1) is 0 Å². The number of amides is 1. The van der Waals surface area contributed by atoms with Crippen molar-refractivity contribution in [2.24, 2.45) is 0 Å². The van der Waals surface area contributed by atoms with E-state index in [0.717, 1.165) is 5.56 Å².